The van der Waals surface area contributed by atoms with E-state index in [2.05, 4.69) is 22.0 Å². The molecule has 0 aliphatic carbocycles. The molecule has 0 atom stereocenters. The topological polar surface area (TPSA) is 71.8 Å². The van der Waals surface area contributed by atoms with Crippen molar-refractivity contribution >= 4 is 23.6 Å². The van der Waals surface area contributed by atoms with Crippen molar-refractivity contribution in [2.75, 3.05) is 25.5 Å². The smallest absolute Gasteiger partial charge is 0.410 e. The van der Waals surface area contributed by atoms with Gasteiger partial charge in [0.2, 0.25) is 0 Å². The van der Waals surface area contributed by atoms with E-state index in [4.69, 9.17) is 4.74 Å². The molecule has 7 nitrogen and oxygen atoms in total. The highest BCUT2D eigenvalue weighted by molar-refractivity contribution is 5.68. The average Bonchev–Trinajstić information content (AvgIpc) is 3.23. The lowest BCUT2D eigenvalue weighted by Gasteiger charge is -2.16. The lowest BCUT2D eigenvalue weighted by atomic mass is 10.4. The van der Waals surface area contributed by atoms with Crippen LogP contribution in [0.4, 0.5) is 10.6 Å². The zero-order chi connectivity index (χ0) is 17.5. The number of hydrogen-bond donors (Lipinski definition) is 1. The van der Waals surface area contributed by atoms with Crippen molar-refractivity contribution < 1.29 is 9.53 Å². The van der Waals surface area contributed by atoms with Crippen LogP contribution in [0.15, 0.2) is 24.9 Å². The first kappa shape index (κ1) is 17.8. The van der Waals surface area contributed by atoms with Crippen LogP contribution >= 0.6 is 0 Å². The zero-order valence-electron chi connectivity index (χ0n) is 14.5. The molecule has 3 heterocycles. The Hall–Kier alpha value is -2.57. The van der Waals surface area contributed by atoms with E-state index >= 15 is 0 Å². The fourth-order valence-corrected chi connectivity index (χ4v) is 2.34. The summed E-state index contributed by atoms with van der Waals surface area (Å²) in [4.78, 5) is 17.1. The van der Waals surface area contributed by atoms with Crippen molar-refractivity contribution in [3.05, 3.63) is 30.6 Å². The van der Waals surface area contributed by atoms with Crippen LogP contribution in [0.5, 0.6) is 0 Å². The van der Waals surface area contributed by atoms with Gasteiger partial charge in [0.05, 0.1) is 18.0 Å². The SMILES string of the molecule is C=Cc1cnc2ccc(NC)nn12.CC(C)OC(=O)N1CCCC1. The highest BCUT2D eigenvalue weighted by Crippen LogP contribution is 2.10. The second kappa shape index (κ2) is 8.33. The third kappa shape index (κ3) is 4.47. The summed E-state index contributed by atoms with van der Waals surface area (Å²) in [7, 11) is 1.83. The fraction of sp³-hybridized carbons (Fsp3) is 0.471. The van der Waals surface area contributed by atoms with Crippen molar-refractivity contribution in [1.82, 2.24) is 19.5 Å². The maximum absolute atomic E-state index is 11.2. The summed E-state index contributed by atoms with van der Waals surface area (Å²) in [5, 5.41) is 7.26. The van der Waals surface area contributed by atoms with Crippen LogP contribution in [0.2, 0.25) is 0 Å². The quantitative estimate of drug-likeness (QED) is 0.936. The van der Waals surface area contributed by atoms with Gasteiger partial charge in [0.1, 0.15) is 5.82 Å². The number of likely N-dealkylation sites (tertiary alicyclic amines) is 1. The summed E-state index contributed by atoms with van der Waals surface area (Å²) < 4.78 is 6.77. The van der Waals surface area contributed by atoms with Gasteiger partial charge in [-0.3, -0.25) is 0 Å². The van der Waals surface area contributed by atoms with E-state index in [9.17, 15) is 4.79 Å². The molecule has 24 heavy (non-hydrogen) atoms. The Kier molecular flexibility index (Phi) is 6.17. The number of anilines is 1. The van der Waals surface area contributed by atoms with Crippen molar-refractivity contribution in [3.8, 4) is 0 Å². The van der Waals surface area contributed by atoms with E-state index in [0.29, 0.717) is 0 Å². The van der Waals surface area contributed by atoms with Crippen LogP contribution in [-0.4, -0.2) is 51.8 Å². The lowest BCUT2D eigenvalue weighted by Crippen LogP contribution is -2.30. The van der Waals surface area contributed by atoms with Gasteiger partial charge in [-0.05, 0) is 44.9 Å². The molecule has 0 aromatic carbocycles. The minimum atomic E-state index is -0.155. The molecule has 1 fully saturated rings. The molecule has 1 aliphatic rings. The normalized spacial score (nSPS) is 13.6. The number of hydrogen-bond acceptors (Lipinski definition) is 5. The molecule has 0 saturated carbocycles. The summed E-state index contributed by atoms with van der Waals surface area (Å²) >= 11 is 0. The molecule has 2 aromatic rings. The predicted molar refractivity (Wildman–Crippen MR) is 95.0 cm³/mol. The Morgan fingerprint density at radius 3 is 2.67 bits per heavy atom. The first-order valence-corrected chi connectivity index (χ1v) is 8.15. The summed E-state index contributed by atoms with van der Waals surface area (Å²) in [5.74, 6) is 0.814. The number of amides is 1. The van der Waals surface area contributed by atoms with E-state index in [1.54, 1.807) is 21.7 Å². The number of ether oxygens (including phenoxy) is 1. The molecule has 0 spiro atoms. The highest BCUT2D eigenvalue weighted by Gasteiger charge is 2.19. The Morgan fingerprint density at radius 1 is 1.38 bits per heavy atom. The van der Waals surface area contributed by atoms with E-state index in [1.807, 2.05) is 33.0 Å². The Labute approximate surface area is 142 Å². The summed E-state index contributed by atoms with van der Waals surface area (Å²) in [5.41, 5.74) is 1.72. The van der Waals surface area contributed by atoms with Gasteiger partial charge < -0.3 is 15.0 Å². The summed E-state index contributed by atoms with van der Waals surface area (Å²) in [6.07, 6.45) is 5.56. The number of nitrogens with zero attached hydrogens (tertiary/aromatic N) is 4. The van der Waals surface area contributed by atoms with Gasteiger partial charge in [-0.1, -0.05) is 6.58 Å². The summed E-state index contributed by atoms with van der Waals surface area (Å²) in [6.45, 7) is 9.16. The zero-order valence-corrected chi connectivity index (χ0v) is 14.5. The second-order valence-electron chi connectivity index (χ2n) is 5.75. The largest absolute Gasteiger partial charge is 0.447 e. The Morgan fingerprint density at radius 2 is 2.08 bits per heavy atom. The average molecular weight is 331 g/mol. The first-order chi connectivity index (χ1) is 11.5. The fourth-order valence-electron chi connectivity index (χ4n) is 2.34. The van der Waals surface area contributed by atoms with Crippen LogP contribution in [-0.2, 0) is 4.74 Å². The van der Waals surface area contributed by atoms with Crippen LogP contribution in [0, 0.1) is 0 Å². The third-order valence-corrected chi connectivity index (χ3v) is 3.55. The van der Waals surface area contributed by atoms with Gasteiger partial charge in [0.15, 0.2) is 5.65 Å². The van der Waals surface area contributed by atoms with Gasteiger partial charge in [0, 0.05) is 20.1 Å². The van der Waals surface area contributed by atoms with Crippen molar-refractivity contribution in [2.24, 2.45) is 0 Å². The molecule has 3 rings (SSSR count). The number of nitrogens with one attached hydrogen (secondary N) is 1. The number of rotatable bonds is 3. The minimum absolute atomic E-state index is 0.00287. The number of fused-ring (bicyclic) bond motifs is 1. The van der Waals surface area contributed by atoms with Crippen LogP contribution in [0.1, 0.15) is 32.4 Å². The molecule has 1 N–H and O–H groups in total. The van der Waals surface area contributed by atoms with Gasteiger partial charge in [-0.25, -0.2) is 14.3 Å². The van der Waals surface area contributed by atoms with Crippen molar-refractivity contribution in [3.63, 3.8) is 0 Å². The van der Waals surface area contributed by atoms with Crippen molar-refractivity contribution in [2.45, 2.75) is 32.8 Å². The number of carbonyl (C=O) groups excluding carboxylic acids is 1. The molecule has 130 valence electrons. The predicted octanol–water partition coefficient (Wildman–Crippen LogP) is 3.04. The Bertz CT molecular complexity index is 689. The van der Waals surface area contributed by atoms with E-state index in [-0.39, 0.29) is 12.2 Å². The molecular weight excluding hydrogens is 306 g/mol. The third-order valence-electron chi connectivity index (χ3n) is 3.55. The van der Waals surface area contributed by atoms with Crippen LogP contribution < -0.4 is 5.32 Å². The number of imidazole rings is 1. The van der Waals surface area contributed by atoms with Crippen molar-refractivity contribution in [1.29, 1.82) is 0 Å². The molecule has 0 unspecified atom stereocenters. The first-order valence-electron chi connectivity index (χ1n) is 8.15. The maximum atomic E-state index is 11.2. The van der Waals surface area contributed by atoms with Gasteiger partial charge in [-0.15, -0.1) is 5.10 Å². The summed E-state index contributed by atoms with van der Waals surface area (Å²) in [6, 6.07) is 3.79. The molecule has 7 heteroatoms. The van der Waals surface area contributed by atoms with Gasteiger partial charge >= 0.3 is 6.09 Å². The molecule has 0 bridgehead atoms. The van der Waals surface area contributed by atoms with E-state index in [1.165, 1.54) is 0 Å². The number of aromatic nitrogens is 3. The van der Waals surface area contributed by atoms with E-state index < -0.39 is 0 Å². The van der Waals surface area contributed by atoms with Gasteiger partial charge in [-0.2, -0.15) is 0 Å². The molecule has 1 aliphatic heterocycles. The molecule has 1 amide bonds. The van der Waals surface area contributed by atoms with Crippen LogP contribution in [0.25, 0.3) is 11.7 Å². The molecule has 2 aromatic heterocycles. The number of carbonyl (C=O) groups is 1. The second-order valence-corrected chi connectivity index (χ2v) is 5.75. The minimum Gasteiger partial charge on any atom is -0.447 e. The Balaban J connectivity index is 0.000000177. The molecule has 1 saturated heterocycles. The van der Waals surface area contributed by atoms with E-state index in [0.717, 1.165) is 43.1 Å². The van der Waals surface area contributed by atoms with Gasteiger partial charge in [0.25, 0.3) is 0 Å². The monoisotopic (exact) mass is 331 g/mol. The lowest BCUT2D eigenvalue weighted by molar-refractivity contribution is 0.0837. The maximum Gasteiger partial charge on any atom is 0.410 e. The highest BCUT2D eigenvalue weighted by atomic mass is 16.6. The van der Waals surface area contributed by atoms with Crippen LogP contribution in [0.3, 0.4) is 0 Å². The molecular formula is C17H25N5O2. The standard InChI is InChI=1S/C9H10N4.C8H15NO2/c1-3-7-6-11-9-5-4-8(10-2)12-13(7)9;1-7(2)11-8(10)9-5-3-4-6-9/h3-6H,1H2,2H3,(H,10,12);7H,3-6H2,1-2H3. The molecule has 0 radical (unpaired) electrons.